The average Bonchev–Trinajstić information content (AvgIpc) is 2.66. The van der Waals surface area contributed by atoms with Gasteiger partial charge >= 0.3 is 0 Å². The molecular formula is C11H21N3. The summed E-state index contributed by atoms with van der Waals surface area (Å²) in [6, 6.07) is 2.37. The Morgan fingerprint density at radius 3 is 2.57 bits per heavy atom. The summed E-state index contributed by atoms with van der Waals surface area (Å²) in [4.78, 5) is 0. The molecular weight excluding hydrogens is 174 g/mol. The average molecular weight is 195 g/mol. The van der Waals surface area contributed by atoms with E-state index in [2.05, 4.69) is 43.2 Å². The molecule has 80 valence electrons. The van der Waals surface area contributed by atoms with E-state index in [1.54, 1.807) is 6.20 Å². The van der Waals surface area contributed by atoms with Gasteiger partial charge in [0.05, 0.1) is 5.69 Å². The topological polar surface area (TPSA) is 40.7 Å². The van der Waals surface area contributed by atoms with Crippen molar-refractivity contribution in [2.45, 2.75) is 33.7 Å². The van der Waals surface area contributed by atoms with Crippen LogP contribution in [0.1, 0.15) is 39.4 Å². The molecule has 0 aliphatic rings. The van der Waals surface area contributed by atoms with Crippen molar-refractivity contribution in [1.29, 1.82) is 0 Å². The zero-order valence-electron chi connectivity index (χ0n) is 9.54. The van der Waals surface area contributed by atoms with Crippen LogP contribution >= 0.6 is 0 Å². The van der Waals surface area contributed by atoms with Gasteiger partial charge in [0.25, 0.3) is 0 Å². The molecule has 0 saturated carbocycles. The van der Waals surface area contributed by atoms with Crippen LogP contribution in [-0.4, -0.2) is 16.7 Å². The number of aromatic nitrogens is 2. The lowest BCUT2D eigenvalue weighted by Crippen LogP contribution is -2.27. The molecule has 0 amide bonds. The molecule has 3 nitrogen and oxygen atoms in total. The van der Waals surface area contributed by atoms with Crippen LogP contribution in [0.5, 0.6) is 0 Å². The van der Waals surface area contributed by atoms with E-state index >= 15 is 0 Å². The van der Waals surface area contributed by atoms with Gasteiger partial charge in [-0.3, -0.25) is 5.10 Å². The third kappa shape index (κ3) is 3.14. The largest absolute Gasteiger partial charge is 0.309 e. The number of aromatic amines is 1. The second-order valence-corrected chi connectivity index (χ2v) is 4.36. The van der Waals surface area contributed by atoms with Crippen molar-refractivity contribution in [3.8, 4) is 0 Å². The van der Waals surface area contributed by atoms with E-state index in [1.165, 1.54) is 0 Å². The van der Waals surface area contributed by atoms with Crippen LogP contribution in [0.4, 0.5) is 0 Å². The first-order valence-electron chi connectivity index (χ1n) is 5.34. The summed E-state index contributed by atoms with van der Waals surface area (Å²) >= 11 is 0. The summed E-state index contributed by atoms with van der Waals surface area (Å²) in [5.74, 6) is 1.44. The molecule has 3 heteroatoms. The van der Waals surface area contributed by atoms with E-state index in [-0.39, 0.29) is 0 Å². The molecule has 0 aromatic carbocycles. The summed E-state index contributed by atoms with van der Waals surface area (Å²) in [5, 5.41) is 10.4. The molecule has 1 rings (SSSR count). The van der Waals surface area contributed by atoms with Crippen molar-refractivity contribution < 1.29 is 0 Å². The maximum Gasteiger partial charge on any atom is 0.0518 e. The minimum atomic E-state index is 0.360. The number of rotatable bonds is 5. The normalized spacial score (nSPS) is 15.8. The molecule has 1 aromatic heterocycles. The van der Waals surface area contributed by atoms with Crippen molar-refractivity contribution in [1.82, 2.24) is 15.5 Å². The Hall–Kier alpha value is -0.830. The van der Waals surface area contributed by atoms with Gasteiger partial charge in [-0.1, -0.05) is 20.8 Å². The van der Waals surface area contributed by atoms with Gasteiger partial charge in [-0.05, 0) is 31.4 Å². The fourth-order valence-corrected chi connectivity index (χ4v) is 1.22. The number of H-pyrrole nitrogens is 1. The van der Waals surface area contributed by atoms with Crippen molar-refractivity contribution in [2.24, 2.45) is 11.8 Å². The summed E-state index contributed by atoms with van der Waals surface area (Å²) in [7, 11) is 0. The first kappa shape index (κ1) is 11.2. The van der Waals surface area contributed by atoms with E-state index in [0.717, 1.165) is 18.2 Å². The van der Waals surface area contributed by atoms with Gasteiger partial charge in [-0.15, -0.1) is 0 Å². The smallest absolute Gasteiger partial charge is 0.0518 e. The predicted octanol–water partition coefficient (Wildman–Crippen LogP) is 2.35. The Morgan fingerprint density at radius 2 is 2.07 bits per heavy atom. The highest BCUT2D eigenvalue weighted by molar-refractivity contribution is 5.02. The van der Waals surface area contributed by atoms with Crippen LogP contribution in [0, 0.1) is 11.8 Å². The lowest BCUT2D eigenvalue weighted by Gasteiger charge is -2.19. The van der Waals surface area contributed by atoms with Gasteiger partial charge in [0, 0.05) is 12.2 Å². The first-order chi connectivity index (χ1) is 6.61. The van der Waals surface area contributed by atoms with Crippen molar-refractivity contribution in [3.05, 3.63) is 18.0 Å². The zero-order chi connectivity index (χ0) is 10.6. The van der Waals surface area contributed by atoms with E-state index in [1.807, 2.05) is 6.07 Å². The summed E-state index contributed by atoms with van der Waals surface area (Å²) in [5.41, 5.74) is 1.15. The van der Waals surface area contributed by atoms with Crippen LogP contribution in [-0.2, 0) is 0 Å². The van der Waals surface area contributed by atoms with Gasteiger partial charge in [0.15, 0.2) is 0 Å². The molecule has 2 atom stereocenters. The molecule has 1 aromatic rings. The van der Waals surface area contributed by atoms with Gasteiger partial charge in [-0.25, -0.2) is 0 Å². The monoisotopic (exact) mass is 195 g/mol. The Morgan fingerprint density at radius 1 is 1.36 bits per heavy atom. The highest BCUT2D eigenvalue weighted by atomic mass is 15.1. The summed E-state index contributed by atoms with van der Waals surface area (Å²) in [6.45, 7) is 10.00. The Kier molecular flexibility index (Phi) is 4.14. The summed E-state index contributed by atoms with van der Waals surface area (Å²) < 4.78 is 0. The molecule has 0 fully saturated rings. The maximum absolute atomic E-state index is 3.94. The van der Waals surface area contributed by atoms with E-state index < -0.39 is 0 Å². The minimum Gasteiger partial charge on any atom is -0.309 e. The van der Waals surface area contributed by atoms with Crippen LogP contribution in [0.2, 0.25) is 0 Å². The Balaban J connectivity index is 2.32. The predicted molar refractivity (Wildman–Crippen MR) is 59.0 cm³/mol. The second-order valence-electron chi connectivity index (χ2n) is 4.36. The van der Waals surface area contributed by atoms with E-state index in [0.29, 0.717) is 12.0 Å². The number of hydrogen-bond acceptors (Lipinski definition) is 2. The fraction of sp³-hybridized carbons (Fsp3) is 0.727. The highest BCUT2D eigenvalue weighted by Gasteiger charge is 2.10. The lowest BCUT2D eigenvalue weighted by molar-refractivity contribution is 0.374. The third-order valence-corrected chi connectivity index (χ3v) is 2.87. The second kappa shape index (κ2) is 5.15. The van der Waals surface area contributed by atoms with Crippen LogP contribution in [0.25, 0.3) is 0 Å². The lowest BCUT2D eigenvalue weighted by atomic mass is 9.98. The molecule has 0 aliphatic heterocycles. The van der Waals surface area contributed by atoms with Crippen LogP contribution in [0.15, 0.2) is 12.3 Å². The van der Waals surface area contributed by atoms with E-state index in [4.69, 9.17) is 0 Å². The maximum atomic E-state index is 3.94. The zero-order valence-corrected chi connectivity index (χ0v) is 9.54. The molecule has 1 heterocycles. The molecule has 0 aliphatic carbocycles. The molecule has 0 saturated heterocycles. The quantitative estimate of drug-likeness (QED) is 0.757. The standard InChI is InChI=1S/C11H21N3/c1-8(2)9(3)7-12-10(4)11-5-6-13-14-11/h5-6,8-10,12H,7H2,1-4H3,(H,13,14). The van der Waals surface area contributed by atoms with Gasteiger partial charge in [0.2, 0.25) is 0 Å². The van der Waals surface area contributed by atoms with Crippen molar-refractivity contribution in [2.75, 3.05) is 6.54 Å². The van der Waals surface area contributed by atoms with Gasteiger partial charge in [-0.2, -0.15) is 5.10 Å². The Labute approximate surface area is 86.3 Å². The molecule has 0 bridgehead atoms. The van der Waals surface area contributed by atoms with Gasteiger partial charge < -0.3 is 5.32 Å². The molecule has 2 N–H and O–H groups in total. The number of hydrogen-bond donors (Lipinski definition) is 2. The number of nitrogens with one attached hydrogen (secondary N) is 2. The molecule has 14 heavy (non-hydrogen) atoms. The highest BCUT2D eigenvalue weighted by Crippen LogP contribution is 2.12. The van der Waals surface area contributed by atoms with Crippen LogP contribution in [0.3, 0.4) is 0 Å². The van der Waals surface area contributed by atoms with Crippen molar-refractivity contribution in [3.63, 3.8) is 0 Å². The van der Waals surface area contributed by atoms with Crippen LogP contribution < -0.4 is 5.32 Å². The Bertz CT molecular complexity index is 241. The van der Waals surface area contributed by atoms with E-state index in [9.17, 15) is 0 Å². The minimum absolute atomic E-state index is 0.360. The molecule has 0 spiro atoms. The number of nitrogens with zero attached hydrogens (tertiary/aromatic N) is 1. The molecule has 0 radical (unpaired) electrons. The summed E-state index contributed by atoms with van der Waals surface area (Å²) in [6.07, 6.45) is 1.79. The third-order valence-electron chi connectivity index (χ3n) is 2.87. The fourth-order valence-electron chi connectivity index (χ4n) is 1.22. The first-order valence-corrected chi connectivity index (χ1v) is 5.34. The SMILES string of the molecule is CC(NCC(C)C(C)C)c1ccn[nH]1. The molecule has 2 unspecified atom stereocenters. The van der Waals surface area contributed by atoms with Crippen molar-refractivity contribution >= 4 is 0 Å². The van der Waals surface area contributed by atoms with Gasteiger partial charge in [0.1, 0.15) is 0 Å².